The lowest BCUT2D eigenvalue weighted by Crippen LogP contribution is -2.30. The van der Waals surface area contributed by atoms with E-state index in [1.54, 1.807) is 0 Å². The van der Waals surface area contributed by atoms with E-state index in [1.807, 2.05) is 0 Å². The Kier molecular flexibility index (Phi) is 59.9. The van der Waals surface area contributed by atoms with Gasteiger partial charge in [0.2, 0.25) is 0 Å². The van der Waals surface area contributed by atoms with Gasteiger partial charge in [0, 0.05) is 25.7 Å². The Bertz CT molecular complexity index is 1720. The van der Waals surface area contributed by atoms with Crippen molar-refractivity contribution in [1.29, 1.82) is 0 Å². The van der Waals surface area contributed by atoms with E-state index in [2.05, 4.69) is 41.5 Å². The number of hydrogen-bond acceptors (Lipinski definition) is 15. The molecular formula is C69H134O17P2. The SMILES string of the molecule is CCCCCCCCCCCCCCCCCCCCC(=O)O[C@H](COC(=O)CCCCCCCCCCCCC(C)C)COP(=O)(O)OC[C@@H](O)COP(=O)(O)OC[C@@H](COC(=O)CCCCCCCCC)OC(=O)CCCCCCCCC(C)CC. The molecule has 0 bridgehead atoms. The lowest BCUT2D eigenvalue weighted by atomic mass is 10.00. The fraction of sp³-hybridized carbons (Fsp3) is 0.942. The standard InChI is InChI=1S/C69H134O17P2/c1-7-10-12-14-16-17-18-19-20-21-22-23-24-25-30-34-41-47-53-68(73)85-64(58-80-67(72)52-46-40-33-29-27-26-28-32-37-43-49-61(4)5)59-83-87(75,76)81-55-63(70)56-82-88(77,78)84-60-65(57-79-66(71)51-45-39-31-15-13-11-8-2)86-69(74)54-48-42-36-35-38-44-50-62(6)9-3/h61-65,70H,7-60H2,1-6H3,(H,75,76)(H,77,78)/t62?,63-,64-,65-/m1/s1. The summed E-state index contributed by atoms with van der Waals surface area (Å²) in [6, 6.07) is 0. The largest absolute Gasteiger partial charge is 0.472 e. The highest BCUT2D eigenvalue weighted by molar-refractivity contribution is 7.47. The van der Waals surface area contributed by atoms with Gasteiger partial charge in [-0.25, -0.2) is 9.13 Å². The third kappa shape index (κ3) is 61.6. The van der Waals surface area contributed by atoms with Gasteiger partial charge in [-0.2, -0.15) is 0 Å². The number of carbonyl (C=O) groups is 4. The molecule has 0 aliphatic heterocycles. The fourth-order valence-corrected chi connectivity index (χ4v) is 12.0. The number of phosphoric acid groups is 2. The minimum absolute atomic E-state index is 0.103. The van der Waals surface area contributed by atoms with Crippen LogP contribution < -0.4 is 0 Å². The van der Waals surface area contributed by atoms with Crippen molar-refractivity contribution in [1.82, 2.24) is 0 Å². The van der Waals surface area contributed by atoms with Crippen LogP contribution in [0.15, 0.2) is 0 Å². The molecule has 0 radical (unpaired) electrons. The Morgan fingerprint density at radius 2 is 0.580 bits per heavy atom. The predicted octanol–water partition coefficient (Wildman–Crippen LogP) is 19.6. The summed E-state index contributed by atoms with van der Waals surface area (Å²) in [5.74, 6) is -0.654. The van der Waals surface area contributed by atoms with Crippen LogP contribution in [0.4, 0.5) is 0 Å². The van der Waals surface area contributed by atoms with Crippen LogP contribution >= 0.6 is 15.6 Å². The van der Waals surface area contributed by atoms with E-state index >= 15 is 0 Å². The van der Waals surface area contributed by atoms with E-state index in [0.717, 1.165) is 115 Å². The minimum Gasteiger partial charge on any atom is -0.462 e. The summed E-state index contributed by atoms with van der Waals surface area (Å²) < 4.78 is 68.1. The fourth-order valence-electron chi connectivity index (χ4n) is 10.4. The van der Waals surface area contributed by atoms with Crippen LogP contribution in [0.2, 0.25) is 0 Å². The summed E-state index contributed by atoms with van der Waals surface area (Å²) >= 11 is 0. The quantitative estimate of drug-likeness (QED) is 0.0222. The number of unbranched alkanes of at least 4 members (excludes halogenated alkanes) is 37. The number of carbonyl (C=O) groups excluding carboxylic acids is 4. The van der Waals surface area contributed by atoms with Crippen molar-refractivity contribution in [3.63, 3.8) is 0 Å². The Labute approximate surface area is 537 Å². The topological polar surface area (TPSA) is 237 Å². The second-order valence-electron chi connectivity index (χ2n) is 25.6. The molecule has 0 aromatic rings. The van der Waals surface area contributed by atoms with Crippen molar-refractivity contribution in [2.75, 3.05) is 39.6 Å². The molecule has 17 nitrogen and oxygen atoms in total. The normalized spacial score (nSPS) is 14.5. The van der Waals surface area contributed by atoms with Crippen molar-refractivity contribution in [3.05, 3.63) is 0 Å². The van der Waals surface area contributed by atoms with Gasteiger partial charge in [0.15, 0.2) is 12.2 Å². The van der Waals surface area contributed by atoms with Crippen molar-refractivity contribution in [3.8, 4) is 0 Å². The summed E-state index contributed by atoms with van der Waals surface area (Å²) in [5, 5.41) is 10.6. The van der Waals surface area contributed by atoms with Crippen LogP contribution in [0.5, 0.6) is 0 Å². The average Bonchev–Trinajstić information content (AvgIpc) is 3.62. The Hall–Kier alpha value is -1.94. The van der Waals surface area contributed by atoms with Crippen molar-refractivity contribution in [2.45, 2.75) is 368 Å². The molecular weight excluding hydrogens is 1160 g/mol. The molecule has 0 amide bonds. The number of ether oxygens (including phenoxy) is 4. The molecule has 0 spiro atoms. The van der Waals surface area contributed by atoms with Crippen LogP contribution in [-0.2, 0) is 65.4 Å². The van der Waals surface area contributed by atoms with E-state index in [-0.39, 0.29) is 25.7 Å². The molecule has 3 N–H and O–H groups in total. The average molecular weight is 1300 g/mol. The zero-order valence-corrected chi connectivity index (χ0v) is 58.8. The zero-order chi connectivity index (χ0) is 65.0. The van der Waals surface area contributed by atoms with Crippen LogP contribution in [0.3, 0.4) is 0 Å². The summed E-state index contributed by atoms with van der Waals surface area (Å²) in [4.78, 5) is 72.3. The lowest BCUT2D eigenvalue weighted by molar-refractivity contribution is -0.161. The first-order valence-corrected chi connectivity index (χ1v) is 39.0. The Morgan fingerprint density at radius 3 is 0.864 bits per heavy atom. The van der Waals surface area contributed by atoms with Crippen molar-refractivity contribution >= 4 is 39.5 Å². The number of hydrogen-bond donors (Lipinski definition) is 3. The van der Waals surface area contributed by atoms with Gasteiger partial charge in [0.1, 0.15) is 19.3 Å². The number of aliphatic hydroxyl groups excluding tert-OH is 1. The van der Waals surface area contributed by atoms with E-state index in [1.165, 1.54) is 154 Å². The van der Waals surface area contributed by atoms with E-state index in [0.29, 0.717) is 25.7 Å². The van der Waals surface area contributed by atoms with Gasteiger partial charge >= 0.3 is 39.5 Å². The molecule has 0 saturated carbocycles. The number of phosphoric ester groups is 2. The van der Waals surface area contributed by atoms with Crippen LogP contribution in [0.25, 0.3) is 0 Å². The third-order valence-corrected chi connectivity index (χ3v) is 18.2. The summed E-state index contributed by atoms with van der Waals surface area (Å²) in [7, 11) is -9.89. The lowest BCUT2D eigenvalue weighted by Gasteiger charge is -2.21. The molecule has 0 aromatic heterocycles. The zero-order valence-electron chi connectivity index (χ0n) is 57.0. The van der Waals surface area contributed by atoms with Crippen LogP contribution in [-0.4, -0.2) is 96.7 Å². The van der Waals surface area contributed by atoms with Gasteiger partial charge in [-0.05, 0) is 37.5 Å². The summed E-state index contributed by atoms with van der Waals surface area (Å²) in [5.41, 5.74) is 0. The van der Waals surface area contributed by atoms with E-state index in [9.17, 15) is 43.2 Å². The molecule has 6 atom stereocenters. The number of rotatable bonds is 68. The first-order valence-electron chi connectivity index (χ1n) is 36.0. The maximum Gasteiger partial charge on any atom is 0.472 e. The second kappa shape index (κ2) is 61.3. The van der Waals surface area contributed by atoms with Gasteiger partial charge < -0.3 is 33.8 Å². The van der Waals surface area contributed by atoms with Crippen LogP contribution in [0, 0.1) is 11.8 Å². The molecule has 0 aromatic carbocycles. The maximum atomic E-state index is 13.0. The molecule has 0 fully saturated rings. The van der Waals surface area contributed by atoms with Gasteiger partial charge in [-0.1, -0.05) is 298 Å². The third-order valence-electron chi connectivity index (χ3n) is 16.3. The van der Waals surface area contributed by atoms with E-state index in [4.69, 9.17) is 37.0 Å². The molecule has 19 heteroatoms. The summed E-state index contributed by atoms with van der Waals surface area (Å²) in [6.07, 6.45) is 46.0. The van der Waals surface area contributed by atoms with Crippen molar-refractivity contribution < 1.29 is 80.2 Å². The smallest absolute Gasteiger partial charge is 0.462 e. The molecule has 3 unspecified atom stereocenters. The molecule has 522 valence electrons. The molecule has 0 aliphatic carbocycles. The van der Waals surface area contributed by atoms with E-state index < -0.39 is 97.5 Å². The molecule has 88 heavy (non-hydrogen) atoms. The van der Waals surface area contributed by atoms with Gasteiger partial charge in [0.05, 0.1) is 26.4 Å². The molecule has 0 aliphatic rings. The first-order chi connectivity index (χ1) is 42.4. The molecule has 0 saturated heterocycles. The highest BCUT2D eigenvalue weighted by Crippen LogP contribution is 2.45. The Balaban J connectivity index is 5.19. The highest BCUT2D eigenvalue weighted by atomic mass is 31.2. The van der Waals surface area contributed by atoms with Gasteiger partial charge in [-0.15, -0.1) is 0 Å². The van der Waals surface area contributed by atoms with Gasteiger partial charge in [0.25, 0.3) is 0 Å². The summed E-state index contributed by atoms with van der Waals surface area (Å²) in [6.45, 7) is 9.44. The second-order valence-corrected chi connectivity index (χ2v) is 28.5. The predicted molar refractivity (Wildman–Crippen MR) is 354 cm³/mol. The molecule has 0 heterocycles. The molecule has 0 rings (SSSR count). The van der Waals surface area contributed by atoms with Gasteiger partial charge in [-0.3, -0.25) is 37.3 Å². The first kappa shape index (κ1) is 86.1. The highest BCUT2D eigenvalue weighted by Gasteiger charge is 2.30. The minimum atomic E-state index is -4.95. The van der Waals surface area contributed by atoms with Crippen LogP contribution in [0.1, 0.15) is 350 Å². The number of esters is 4. The monoisotopic (exact) mass is 1300 g/mol. The number of aliphatic hydroxyl groups is 1. The Morgan fingerprint density at radius 1 is 0.330 bits per heavy atom. The maximum absolute atomic E-state index is 13.0. The van der Waals surface area contributed by atoms with Crippen molar-refractivity contribution in [2.24, 2.45) is 11.8 Å².